The fourth-order valence-electron chi connectivity index (χ4n) is 2.00. The number of phenols is 1. The monoisotopic (exact) mass is 255 g/mol. The number of hydrogen-bond acceptors (Lipinski definition) is 3. The van der Waals surface area contributed by atoms with Gasteiger partial charge in [0.15, 0.2) is 0 Å². The Morgan fingerprint density at radius 1 is 1.21 bits per heavy atom. The molecule has 0 spiro atoms. The summed E-state index contributed by atoms with van der Waals surface area (Å²) in [5, 5.41) is 9.59. The van der Waals surface area contributed by atoms with E-state index in [2.05, 4.69) is 0 Å². The molecule has 19 heavy (non-hydrogen) atoms. The van der Waals surface area contributed by atoms with E-state index < -0.39 is 5.91 Å². The minimum atomic E-state index is -0.487. The molecule has 0 unspecified atom stereocenters. The Hall–Kier alpha value is -2.62. The first-order valence-corrected chi connectivity index (χ1v) is 5.71. The van der Waals surface area contributed by atoms with Gasteiger partial charge in [0.25, 0.3) is 0 Å². The van der Waals surface area contributed by atoms with E-state index in [-0.39, 0.29) is 5.75 Å². The minimum absolute atomic E-state index is 0.0259. The molecule has 0 radical (unpaired) electrons. The summed E-state index contributed by atoms with van der Waals surface area (Å²) in [4.78, 5) is 21.9. The van der Waals surface area contributed by atoms with Gasteiger partial charge in [0, 0.05) is 11.1 Å². The maximum Gasteiger partial charge on any atom is 0.248 e. The minimum Gasteiger partial charge on any atom is -0.508 e. The molecule has 4 nitrogen and oxygen atoms in total. The Bertz CT molecular complexity index is 662. The second-order valence-corrected chi connectivity index (χ2v) is 4.33. The molecule has 1 amide bonds. The third kappa shape index (κ3) is 2.63. The molecule has 2 aromatic carbocycles. The molecular formula is C15H13NO3. The first-order valence-electron chi connectivity index (χ1n) is 5.71. The standard InChI is InChI=1S/C15H13NO3/c1-9-4-11(15(16)19)2-3-14(9)12-5-10(8-17)6-13(18)7-12/h2-8,18H,1H3,(H2,16,19). The van der Waals surface area contributed by atoms with Crippen LogP contribution >= 0.6 is 0 Å². The zero-order chi connectivity index (χ0) is 14.0. The molecule has 0 aliphatic rings. The molecule has 0 saturated heterocycles. The number of aryl methyl sites for hydroxylation is 1. The molecule has 0 aromatic heterocycles. The number of amides is 1. The molecule has 0 aliphatic heterocycles. The van der Waals surface area contributed by atoms with Crippen molar-refractivity contribution >= 4 is 12.2 Å². The fourth-order valence-corrected chi connectivity index (χ4v) is 2.00. The van der Waals surface area contributed by atoms with Crippen LogP contribution in [0, 0.1) is 6.92 Å². The van der Waals surface area contributed by atoms with Crippen LogP contribution in [0.25, 0.3) is 11.1 Å². The number of aromatic hydroxyl groups is 1. The highest BCUT2D eigenvalue weighted by Gasteiger charge is 2.08. The quantitative estimate of drug-likeness (QED) is 0.825. The predicted molar refractivity (Wildman–Crippen MR) is 72.2 cm³/mol. The van der Waals surface area contributed by atoms with Crippen molar-refractivity contribution in [2.24, 2.45) is 5.73 Å². The molecule has 0 saturated carbocycles. The van der Waals surface area contributed by atoms with Gasteiger partial charge in [-0.15, -0.1) is 0 Å². The largest absolute Gasteiger partial charge is 0.508 e. The van der Waals surface area contributed by atoms with Crippen molar-refractivity contribution in [3.05, 3.63) is 53.1 Å². The van der Waals surface area contributed by atoms with Crippen molar-refractivity contribution in [3.63, 3.8) is 0 Å². The van der Waals surface area contributed by atoms with Gasteiger partial charge in [-0.05, 0) is 53.9 Å². The van der Waals surface area contributed by atoms with Gasteiger partial charge in [-0.3, -0.25) is 9.59 Å². The molecule has 2 aromatic rings. The Morgan fingerprint density at radius 2 is 1.95 bits per heavy atom. The molecule has 0 aliphatic carbocycles. The lowest BCUT2D eigenvalue weighted by Gasteiger charge is -2.09. The smallest absolute Gasteiger partial charge is 0.248 e. The van der Waals surface area contributed by atoms with Crippen LogP contribution in [0.2, 0.25) is 0 Å². The number of carbonyl (C=O) groups is 2. The number of carbonyl (C=O) groups excluding carboxylic acids is 2. The average Bonchev–Trinajstić information content (AvgIpc) is 2.37. The Morgan fingerprint density at radius 3 is 2.53 bits per heavy atom. The number of benzene rings is 2. The van der Waals surface area contributed by atoms with Gasteiger partial charge < -0.3 is 10.8 Å². The van der Waals surface area contributed by atoms with E-state index >= 15 is 0 Å². The molecule has 0 atom stereocenters. The maximum atomic E-state index is 11.1. The summed E-state index contributed by atoms with van der Waals surface area (Å²) >= 11 is 0. The third-order valence-electron chi connectivity index (χ3n) is 2.90. The van der Waals surface area contributed by atoms with Crippen LogP contribution in [0.1, 0.15) is 26.3 Å². The van der Waals surface area contributed by atoms with Gasteiger partial charge in [0.2, 0.25) is 5.91 Å². The number of primary amides is 1. The molecule has 4 heteroatoms. The van der Waals surface area contributed by atoms with E-state index in [0.29, 0.717) is 17.4 Å². The van der Waals surface area contributed by atoms with E-state index in [4.69, 9.17) is 5.73 Å². The highest BCUT2D eigenvalue weighted by Crippen LogP contribution is 2.28. The number of aldehydes is 1. The molecule has 0 bridgehead atoms. The van der Waals surface area contributed by atoms with Crippen LogP contribution in [0.5, 0.6) is 5.75 Å². The SMILES string of the molecule is Cc1cc(C(N)=O)ccc1-c1cc(O)cc(C=O)c1. The lowest BCUT2D eigenvalue weighted by Crippen LogP contribution is -2.10. The van der Waals surface area contributed by atoms with Crippen LogP contribution in [0.15, 0.2) is 36.4 Å². The Kier molecular flexibility index (Phi) is 3.33. The van der Waals surface area contributed by atoms with Crippen molar-refractivity contribution in [1.82, 2.24) is 0 Å². The van der Waals surface area contributed by atoms with Gasteiger partial charge in [-0.25, -0.2) is 0 Å². The van der Waals surface area contributed by atoms with Gasteiger partial charge >= 0.3 is 0 Å². The summed E-state index contributed by atoms with van der Waals surface area (Å²) in [6.45, 7) is 1.84. The van der Waals surface area contributed by atoms with Gasteiger partial charge in [-0.1, -0.05) is 6.07 Å². The van der Waals surface area contributed by atoms with Crippen molar-refractivity contribution < 1.29 is 14.7 Å². The Balaban J connectivity index is 2.56. The summed E-state index contributed by atoms with van der Waals surface area (Å²) in [6, 6.07) is 9.69. The lowest BCUT2D eigenvalue weighted by molar-refractivity contribution is 0.0999. The van der Waals surface area contributed by atoms with Crippen molar-refractivity contribution in [2.45, 2.75) is 6.92 Å². The zero-order valence-electron chi connectivity index (χ0n) is 10.4. The van der Waals surface area contributed by atoms with Crippen LogP contribution in [-0.2, 0) is 0 Å². The molecule has 2 rings (SSSR count). The van der Waals surface area contributed by atoms with Crippen LogP contribution in [-0.4, -0.2) is 17.3 Å². The second-order valence-electron chi connectivity index (χ2n) is 4.33. The van der Waals surface area contributed by atoms with Gasteiger partial charge in [0.1, 0.15) is 12.0 Å². The first-order chi connectivity index (χ1) is 9.01. The van der Waals surface area contributed by atoms with Crippen molar-refractivity contribution in [3.8, 4) is 16.9 Å². The molecule has 0 heterocycles. The summed E-state index contributed by atoms with van der Waals surface area (Å²) in [7, 11) is 0. The predicted octanol–water partition coefficient (Wildman–Crippen LogP) is 2.28. The zero-order valence-corrected chi connectivity index (χ0v) is 10.4. The molecular weight excluding hydrogens is 242 g/mol. The molecule has 3 N–H and O–H groups in total. The van der Waals surface area contributed by atoms with Crippen LogP contribution in [0.3, 0.4) is 0 Å². The number of hydrogen-bond donors (Lipinski definition) is 2. The number of phenolic OH excluding ortho intramolecular Hbond substituents is 1. The maximum absolute atomic E-state index is 11.1. The topological polar surface area (TPSA) is 80.4 Å². The lowest BCUT2D eigenvalue weighted by atomic mass is 9.97. The number of nitrogens with two attached hydrogens (primary N) is 1. The van der Waals surface area contributed by atoms with E-state index in [0.717, 1.165) is 16.7 Å². The summed E-state index contributed by atoms with van der Waals surface area (Å²) in [5.41, 5.74) is 8.44. The van der Waals surface area contributed by atoms with Gasteiger partial charge in [0.05, 0.1) is 0 Å². The van der Waals surface area contributed by atoms with E-state index in [1.807, 2.05) is 6.92 Å². The van der Waals surface area contributed by atoms with Crippen LogP contribution < -0.4 is 5.73 Å². The van der Waals surface area contributed by atoms with Crippen molar-refractivity contribution in [1.29, 1.82) is 0 Å². The highest BCUT2D eigenvalue weighted by atomic mass is 16.3. The van der Waals surface area contributed by atoms with E-state index in [1.165, 1.54) is 6.07 Å². The van der Waals surface area contributed by atoms with E-state index in [9.17, 15) is 14.7 Å². The summed E-state index contributed by atoms with van der Waals surface area (Å²) in [6.07, 6.45) is 0.677. The molecule has 96 valence electrons. The van der Waals surface area contributed by atoms with Crippen molar-refractivity contribution in [2.75, 3.05) is 0 Å². The number of rotatable bonds is 3. The fraction of sp³-hybridized carbons (Fsp3) is 0.0667. The second kappa shape index (κ2) is 4.94. The third-order valence-corrected chi connectivity index (χ3v) is 2.90. The normalized spacial score (nSPS) is 10.2. The van der Waals surface area contributed by atoms with Crippen LogP contribution in [0.4, 0.5) is 0 Å². The summed E-state index contributed by atoms with van der Waals surface area (Å²) < 4.78 is 0. The van der Waals surface area contributed by atoms with E-state index in [1.54, 1.807) is 30.3 Å². The Labute approximate surface area is 110 Å². The first kappa shape index (κ1) is 12.8. The van der Waals surface area contributed by atoms with Gasteiger partial charge in [-0.2, -0.15) is 0 Å². The summed E-state index contributed by atoms with van der Waals surface area (Å²) in [5.74, 6) is -0.461. The average molecular weight is 255 g/mol. The molecule has 0 fully saturated rings. The highest BCUT2D eigenvalue weighted by molar-refractivity contribution is 5.94.